The molecule has 2 aromatic heterocycles. The van der Waals surface area contributed by atoms with Gasteiger partial charge in [-0.25, -0.2) is 19.7 Å². The second-order valence-electron chi connectivity index (χ2n) is 10.4. The van der Waals surface area contributed by atoms with Crippen LogP contribution in [-0.2, 0) is 9.47 Å². The zero-order valence-electron chi connectivity index (χ0n) is 22.4. The van der Waals surface area contributed by atoms with Gasteiger partial charge in [0.2, 0.25) is 0 Å². The van der Waals surface area contributed by atoms with Crippen LogP contribution in [-0.4, -0.2) is 70.4 Å². The minimum atomic E-state index is -0.732. The molecule has 4 aromatic rings. The van der Waals surface area contributed by atoms with Crippen molar-refractivity contribution in [3.63, 3.8) is 0 Å². The first-order valence-electron chi connectivity index (χ1n) is 12.8. The van der Waals surface area contributed by atoms with Crippen LogP contribution >= 0.6 is 27.5 Å². The molecule has 1 amide bonds. The lowest BCUT2D eigenvalue weighted by molar-refractivity contribution is 0.0322. The summed E-state index contributed by atoms with van der Waals surface area (Å²) in [5, 5.41) is 0.406. The molecule has 5 rings (SSSR count). The van der Waals surface area contributed by atoms with Gasteiger partial charge in [-0.15, -0.1) is 0 Å². The Balaban J connectivity index is 1.60. The molecule has 0 saturated carbocycles. The summed E-state index contributed by atoms with van der Waals surface area (Å²) in [5.41, 5.74) is 2.63. The SMILES string of the molecule is Cc1cccc(Cl)c1N(C(=O)OC(C)(C)C)c1nc2cc(OCCN3CCOCC3)c(Br)cc2n2cncc12. The van der Waals surface area contributed by atoms with Gasteiger partial charge < -0.3 is 14.2 Å². The molecular formula is C28H31BrClN5O4. The van der Waals surface area contributed by atoms with Crippen molar-refractivity contribution in [3.8, 4) is 5.75 Å². The summed E-state index contributed by atoms with van der Waals surface area (Å²) < 4.78 is 20.1. The molecule has 2 aromatic carbocycles. The molecule has 9 nitrogen and oxygen atoms in total. The first-order valence-corrected chi connectivity index (χ1v) is 14.0. The van der Waals surface area contributed by atoms with Crippen molar-refractivity contribution >= 4 is 61.7 Å². The highest BCUT2D eigenvalue weighted by Gasteiger charge is 2.31. The van der Waals surface area contributed by atoms with Gasteiger partial charge in [0, 0.05) is 25.7 Å². The monoisotopic (exact) mass is 615 g/mol. The number of imidazole rings is 1. The number of amides is 1. The quantitative estimate of drug-likeness (QED) is 0.248. The molecule has 0 spiro atoms. The molecule has 0 aliphatic carbocycles. The van der Waals surface area contributed by atoms with E-state index in [1.165, 1.54) is 4.90 Å². The average Bonchev–Trinajstić information content (AvgIpc) is 3.37. The zero-order chi connectivity index (χ0) is 27.7. The fourth-order valence-corrected chi connectivity index (χ4v) is 5.27. The van der Waals surface area contributed by atoms with Gasteiger partial charge in [0.1, 0.15) is 23.5 Å². The van der Waals surface area contributed by atoms with Crippen molar-refractivity contribution in [1.82, 2.24) is 19.3 Å². The van der Waals surface area contributed by atoms with Crippen molar-refractivity contribution in [2.75, 3.05) is 44.4 Å². The maximum atomic E-state index is 13.7. The van der Waals surface area contributed by atoms with Gasteiger partial charge in [0.25, 0.3) is 0 Å². The first-order chi connectivity index (χ1) is 18.6. The lowest BCUT2D eigenvalue weighted by atomic mass is 10.1. The van der Waals surface area contributed by atoms with E-state index in [-0.39, 0.29) is 0 Å². The first kappa shape index (κ1) is 27.6. The van der Waals surface area contributed by atoms with Gasteiger partial charge in [-0.2, -0.15) is 0 Å². The Labute approximate surface area is 240 Å². The molecule has 0 atom stereocenters. The standard InChI is InChI=1S/C28H31BrClN5O4/c1-18-6-5-7-20(30)25(18)35(27(36)39-28(2,3)4)26-23-16-31-17-34(23)22-14-19(29)24(15-21(22)32-26)38-13-10-33-8-11-37-12-9-33/h5-7,14-17H,8-13H2,1-4H3. The topological polar surface area (TPSA) is 81.4 Å². The zero-order valence-corrected chi connectivity index (χ0v) is 24.8. The van der Waals surface area contributed by atoms with E-state index in [0.29, 0.717) is 39.9 Å². The summed E-state index contributed by atoms with van der Waals surface area (Å²) in [4.78, 5) is 26.8. The largest absolute Gasteiger partial charge is 0.491 e. The Morgan fingerprint density at radius 2 is 1.97 bits per heavy atom. The van der Waals surface area contributed by atoms with E-state index in [2.05, 4.69) is 25.8 Å². The number of aromatic nitrogens is 3. The van der Waals surface area contributed by atoms with Crippen LogP contribution in [0.1, 0.15) is 26.3 Å². The Morgan fingerprint density at radius 1 is 1.21 bits per heavy atom. The fourth-order valence-electron chi connectivity index (χ4n) is 4.52. The highest BCUT2D eigenvalue weighted by Crippen LogP contribution is 2.39. The normalized spacial score (nSPS) is 14.6. The highest BCUT2D eigenvalue weighted by atomic mass is 79.9. The predicted octanol–water partition coefficient (Wildman–Crippen LogP) is 6.39. The molecule has 3 heterocycles. The number of fused-ring (bicyclic) bond motifs is 3. The molecule has 11 heteroatoms. The van der Waals surface area contributed by atoms with E-state index in [1.54, 1.807) is 18.6 Å². The van der Waals surface area contributed by atoms with Gasteiger partial charge in [0.15, 0.2) is 5.82 Å². The smallest absolute Gasteiger partial charge is 0.420 e. The Morgan fingerprint density at radius 3 is 2.69 bits per heavy atom. The van der Waals surface area contributed by atoms with Crippen LogP contribution in [0, 0.1) is 6.92 Å². The van der Waals surface area contributed by atoms with Crippen molar-refractivity contribution in [3.05, 3.63) is 57.9 Å². The molecule has 1 aliphatic heterocycles. The van der Waals surface area contributed by atoms with Crippen LogP contribution in [0.2, 0.25) is 5.02 Å². The van der Waals surface area contributed by atoms with Crippen molar-refractivity contribution in [2.24, 2.45) is 0 Å². The van der Waals surface area contributed by atoms with Gasteiger partial charge in [-0.05, 0) is 61.3 Å². The van der Waals surface area contributed by atoms with E-state index >= 15 is 0 Å². The average molecular weight is 617 g/mol. The van der Waals surface area contributed by atoms with Crippen LogP contribution in [0.5, 0.6) is 5.75 Å². The summed E-state index contributed by atoms with van der Waals surface area (Å²) in [5.74, 6) is 1.01. The maximum Gasteiger partial charge on any atom is 0.420 e. The summed E-state index contributed by atoms with van der Waals surface area (Å²) in [6.07, 6.45) is 2.78. The van der Waals surface area contributed by atoms with Crippen molar-refractivity contribution < 1.29 is 19.0 Å². The molecular weight excluding hydrogens is 586 g/mol. The van der Waals surface area contributed by atoms with Crippen LogP contribution in [0.15, 0.2) is 47.3 Å². The molecule has 39 heavy (non-hydrogen) atoms. The summed E-state index contributed by atoms with van der Waals surface area (Å²) >= 11 is 10.3. The van der Waals surface area contributed by atoms with Crippen LogP contribution in [0.25, 0.3) is 16.6 Å². The van der Waals surface area contributed by atoms with Gasteiger partial charge in [-0.1, -0.05) is 23.7 Å². The van der Waals surface area contributed by atoms with Gasteiger partial charge in [-0.3, -0.25) is 9.30 Å². The third-order valence-electron chi connectivity index (χ3n) is 6.35. The molecule has 0 bridgehead atoms. The number of benzene rings is 2. The minimum Gasteiger partial charge on any atom is -0.491 e. The number of hydrogen-bond acceptors (Lipinski definition) is 7. The highest BCUT2D eigenvalue weighted by molar-refractivity contribution is 9.10. The summed E-state index contributed by atoms with van der Waals surface area (Å²) in [6.45, 7) is 12.0. The molecule has 1 aliphatic rings. The molecule has 1 saturated heterocycles. The van der Waals surface area contributed by atoms with Gasteiger partial charge >= 0.3 is 6.09 Å². The second-order valence-corrected chi connectivity index (χ2v) is 11.6. The van der Waals surface area contributed by atoms with E-state index in [0.717, 1.165) is 48.4 Å². The predicted molar refractivity (Wildman–Crippen MR) is 156 cm³/mol. The van der Waals surface area contributed by atoms with E-state index in [4.69, 9.17) is 30.8 Å². The summed E-state index contributed by atoms with van der Waals surface area (Å²) in [6, 6.07) is 9.30. The lowest BCUT2D eigenvalue weighted by Crippen LogP contribution is -2.38. The molecule has 1 fully saturated rings. The number of aryl methyl sites for hydroxylation is 1. The molecule has 206 valence electrons. The number of carbonyl (C=O) groups is 1. The fraction of sp³-hybridized carbons (Fsp3) is 0.393. The third-order valence-corrected chi connectivity index (χ3v) is 7.28. The molecule has 0 unspecified atom stereocenters. The number of para-hydroxylation sites is 1. The Hall–Kier alpha value is -2.92. The molecule has 0 radical (unpaired) electrons. The number of anilines is 2. The Bertz CT molecular complexity index is 1490. The van der Waals surface area contributed by atoms with E-state index in [1.807, 2.05) is 56.4 Å². The number of rotatable bonds is 6. The van der Waals surface area contributed by atoms with Crippen molar-refractivity contribution in [1.29, 1.82) is 0 Å². The van der Waals surface area contributed by atoms with E-state index in [9.17, 15) is 4.79 Å². The summed E-state index contributed by atoms with van der Waals surface area (Å²) in [7, 11) is 0. The number of nitrogens with zero attached hydrogens (tertiary/aromatic N) is 5. The minimum absolute atomic E-state index is 0.354. The number of hydrogen-bond donors (Lipinski definition) is 0. The maximum absolute atomic E-state index is 13.7. The van der Waals surface area contributed by atoms with Crippen molar-refractivity contribution in [2.45, 2.75) is 33.3 Å². The Kier molecular flexibility index (Phi) is 8.00. The molecule has 0 N–H and O–H groups in total. The van der Waals surface area contributed by atoms with Gasteiger partial charge in [0.05, 0.1) is 52.0 Å². The second kappa shape index (κ2) is 11.3. The number of carbonyl (C=O) groups excluding carboxylic acids is 1. The van der Waals surface area contributed by atoms with Crippen LogP contribution < -0.4 is 9.64 Å². The van der Waals surface area contributed by atoms with E-state index < -0.39 is 11.7 Å². The number of halogens is 2. The number of morpholine rings is 1. The van der Waals surface area contributed by atoms with Crippen LogP contribution in [0.3, 0.4) is 0 Å². The number of ether oxygens (including phenoxy) is 3. The third kappa shape index (κ3) is 5.99. The van der Waals surface area contributed by atoms with Crippen LogP contribution in [0.4, 0.5) is 16.3 Å². The lowest BCUT2D eigenvalue weighted by Gasteiger charge is -2.29.